The second-order valence-electron chi connectivity index (χ2n) is 7.90. The summed E-state index contributed by atoms with van der Waals surface area (Å²) >= 11 is 0. The van der Waals surface area contributed by atoms with Crippen LogP contribution in [0.4, 0.5) is 0 Å². The first-order valence-electron chi connectivity index (χ1n) is 9.14. The van der Waals surface area contributed by atoms with Gasteiger partial charge in [-0.3, -0.25) is 4.79 Å². The Bertz CT molecular complexity index is 576. The van der Waals surface area contributed by atoms with Gasteiger partial charge in [0.15, 0.2) is 0 Å². The molecular weight excluding hydrogens is 314 g/mol. The lowest BCUT2D eigenvalue weighted by Gasteiger charge is -2.57. The molecule has 0 radical (unpaired) electrons. The van der Waals surface area contributed by atoms with Crippen LogP contribution in [0.1, 0.15) is 39.7 Å². The van der Waals surface area contributed by atoms with Gasteiger partial charge in [-0.25, -0.2) is 0 Å². The lowest BCUT2D eigenvalue weighted by molar-refractivity contribution is -0.171. The third kappa shape index (κ3) is 4.22. The molecular formula is C20H33N3O2. The van der Waals surface area contributed by atoms with Crippen LogP contribution in [-0.4, -0.2) is 48.7 Å². The summed E-state index contributed by atoms with van der Waals surface area (Å²) in [5, 5.41) is 3.10. The van der Waals surface area contributed by atoms with Crippen LogP contribution in [0.5, 0.6) is 0 Å². The van der Waals surface area contributed by atoms with Gasteiger partial charge in [0.25, 0.3) is 0 Å². The molecule has 0 spiro atoms. The number of benzene rings is 1. The summed E-state index contributed by atoms with van der Waals surface area (Å²) in [7, 11) is 2.06. The average molecular weight is 348 g/mol. The van der Waals surface area contributed by atoms with E-state index in [1.54, 1.807) is 0 Å². The summed E-state index contributed by atoms with van der Waals surface area (Å²) in [5.41, 5.74) is 6.48. The number of ether oxygens (including phenoxy) is 1. The van der Waals surface area contributed by atoms with Crippen LogP contribution in [0.15, 0.2) is 30.3 Å². The van der Waals surface area contributed by atoms with Crippen LogP contribution >= 0.6 is 0 Å². The van der Waals surface area contributed by atoms with Gasteiger partial charge in [0.1, 0.15) is 5.54 Å². The fourth-order valence-electron chi connectivity index (χ4n) is 3.65. The second-order valence-corrected chi connectivity index (χ2v) is 7.90. The smallest absolute Gasteiger partial charge is 0.241 e. The number of rotatable bonds is 8. The zero-order valence-electron chi connectivity index (χ0n) is 16.2. The molecule has 3 unspecified atom stereocenters. The van der Waals surface area contributed by atoms with Crippen molar-refractivity contribution in [3.05, 3.63) is 35.9 Å². The van der Waals surface area contributed by atoms with Gasteiger partial charge in [0, 0.05) is 37.6 Å². The summed E-state index contributed by atoms with van der Waals surface area (Å²) in [6, 6.07) is 10.4. The summed E-state index contributed by atoms with van der Waals surface area (Å²) in [4.78, 5) is 15.0. The molecule has 1 amide bonds. The van der Waals surface area contributed by atoms with Gasteiger partial charge >= 0.3 is 0 Å². The number of hydrogen-bond acceptors (Lipinski definition) is 4. The minimum absolute atomic E-state index is 0.0311. The molecule has 25 heavy (non-hydrogen) atoms. The second kappa shape index (κ2) is 7.85. The van der Waals surface area contributed by atoms with Gasteiger partial charge in [-0.15, -0.1) is 0 Å². The minimum atomic E-state index is -0.862. The van der Waals surface area contributed by atoms with E-state index in [4.69, 9.17) is 10.5 Å². The Kier molecular flexibility index (Phi) is 6.25. The molecule has 3 N–H and O–H groups in total. The lowest BCUT2D eigenvalue weighted by atomic mass is 9.54. The highest BCUT2D eigenvalue weighted by molar-refractivity contribution is 5.89. The Labute approximate surface area is 151 Å². The number of amides is 1. The molecule has 1 saturated carbocycles. The van der Waals surface area contributed by atoms with Crippen molar-refractivity contribution in [2.24, 2.45) is 11.1 Å². The number of carbonyl (C=O) groups excluding carboxylic acids is 1. The Morgan fingerprint density at radius 3 is 2.60 bits per heavy atom. The van der Waals surface area contributed by atoms with Crippen LogP contribution in [0.25, 0.3) is 0 Å². The first-order chi connectivity index (χ1) is 11.7. The van der Waals surface area contributed by atoms with Crippen molar-refractivity contribution >= 4 is 5.91 Å². The van der Waals surface area contributed by atoms with Crippen LogP contribution in [-0.2, 0) is 16.1 Å². The largest absolute Gasteiger partial charge is 0.378 e. The summed E-state index contributed by atoms with van der Waals surface area (Å²) < 4.78 is 5.71. The predicted octanol–water partition coefficient (Wildman–Crippen LogP) is 2.16. The summed E-state index contributed by atoms with van der Waals surface area (Å²) in [5.74, 6) is -0.0749. The third-order valence-electron chi connectivity index (χ3n) is 5.49. The van der Waals surface area contributed by atoms with Gasteiger partial charge < -0.3 is 20.7 Å². The molecule has 1 aliphatic carbocycles. The summed E-state index contributed by atoms with van der Waals surface area (Å²) in [6.45, 7) is 10.3. The van der Waals surface area contributed by atoms with E-state index >= 15 is 0 Å². The predicted molar refractivity (Wildman–Crippen MR) is 101 cm³/mol. The SMILES string of the molecule is CCOC1CC(N)(C(=O)NC(C)CN(C)Cc2ccccc2)C1(C)C. The first kappa shape index (κ1) is 19.9. The number of carbonyl (C=O) groups is 1. The highest BCUT2D eigenvalue weighted by atomic mass is 16.5. The van der Waals surface area contributed by atoms with Crippen molar-refractivity contribution in [1.29, 1.82) is 0 Å². The summed E-state index contributed by atoms with van der Waals surface area (Å²) in [6.07, 6.45) is 0.621. The Hall–Kier alpha value is -1.43. The van der Waals surface area contributed by atoms with E-state index in [9.17, 15) is 4.79 Å². The molecule has 1 aromatic rings. The number of nitrogens with two attached hydrogens (primary N) is 1. The zero-order chi connectivity index (χ0) is 18.7. The number of nitrogens with one attached hydrogen (secondary N) is 1. The van der Waals surface area contributed by atoms with Gasteiger partial charge in [-0.1, -0.05) is 44.2 Å². The zero-order valence-corrected chi connectivity index (χ0v) is 16.2. The van der Waals surface area contributed by atoms with Crippen molar-refractivity contribution in [2.45, 2.75) is 58.3 Å². The molecule has 5 heteroatoms. The molecule has 0 heterocycles. The van der Waals surface area contributed by atoms with Gasteiger partial charge in [0.05, 0.1) is 6.10 Å². The molecule has 1 aromatic carbocycles. The van der Waals surface area contributed by atoms with E-state index in [1.807, 2.05) is 45.9 Å². The highest BCUT2D eigenvalue weighted by Gasteiger charge is 2.62. The van der Waals surface area contributed by atoms with Crippen LogP contribution in [0.2, 0.25) is 0 Å². The molecule has 2 rings (SSSR count). The van der Waals surface area contributed by atoms with Crippen LogP contribution in [0, 0.1) is 5.41 Å². The molecule has 0 aliphatic heterocycles. The monoisotopic (exact) mass is 347 g/mol. The van der Waals surface area contributed by atoms with Crippen LogP contribution in [0.3, 0.4) is 0 Å². The van der Waals surface area contributed by atoms with Crippen molar-refractivity contribution < 1.29 is 9.53 Å². The fourth-order valence-corrected chi connectivity index (χ4v) is 3.65. The Morgan fingerprint density at radius 1 is 1.40 bits per heavy atom. The molecule has 0 aromatic heterocycles. The minimum Gasteiger partial charge on any atom is -0.378 e. The quantitative estimate of drug-likeness (QED) is 0.756. The maximum absolute atomic E-state index is 12.8. The van der Waals surface area contributed by atoms with Gasteiger partial charge in [-0.05, 0) is 26.5 Å². The van der Waals surface area contributed by atoms with Crippen molar-refractivity contribution in [3.63, 3.8) is 0 Å². The molecule has 3 atom stereocenters. The van der Waals surface area contributed by atoms with Gasteiger partial charge in [-0.2, -0.15) is 0 Å². The molecule has 140 valence electrons. The average Bonchev–Trinajstić information content (AvgIpc) is 2.54. The fraction of sp³-hybridized carbons (Fsp3) is 0.650. The Balaban J connectivity index is 1.86. The molecule has 0 saturated heterocycles. The van der Waals surface area contributed by atoms with E-state index in [1.165, 1.54) is 5.56 Å². The van der Waals surface area contributed by atoms with Crippen molar-refractivity contribution in [1.82, 2.24) is 10.2 Å². The normalized spacial score (nSPS) is 26.1. The molecule has 1 fully saturated rings. The Morgan fingerprint density at radius 2 is 2.04 bits per heavy atom. The first-order valence-corrected chi connectivity index (χ1v) is 9.14. The third-order valence-corrected chi connectivity index (χ3v) is 5.49. The van der Waals surface area contributed by atoms with E-state index < -0.39 is 5.54 Å². The van der Waals surface area contributed by atoms with Crippen LogP contribution < -0.4 is 11.1 Å². The topological polar surface area (TPSA) is 67.6 Å². The molecule has 1 aliphatic rings. The number of nitrogens with zero attached hydrogens (tertiary/aromatic N) is 1. The van der Waals surface area contributed by atoms with E-state index in [2.05, 4.69) is 29.4 Å². The molecule has 5 nitrogen and oxygen atoms in total. The lowest BCUT2D eigenvalue weighted by Crippen LogP contribution is -2.76. The van der Waals surface area contributed by atoms with Crippen molar-refractivity contribution in [2.75, 3.05) is 20.2 Å². The van der Waals surface area contributed by atoms with Crippen molar-refractivity contribution in [3.8, 4) is 0 Å². The van der Waals surface area contributed by atoms with E-state index in [0.717, 1.165) is 13.1 Å². The van der Waals surface area contributed by atoms with E-state index in [-0.39, 0.29) is 23.5 Å². The maximum Gasteiger partial charge on any atom is 0.241 e. The standard InChI is InChI=1S/C20H33N3O2/c1-6-25-17-12-20(21,19(17,3)4)18(24)22-15(2)13-23(5)14-16-10-8-7-9-11-16/h7-11,15,17H,6,12-14,21H2,1-5H3,(H,22,24). The number of likely N-dealkylation sites (N-methyl/N-ethyl adjacent to an activating group) is 1. The van der Waals surface area contributed by atoms with E-state index in [0.29, 0.717) is 13.0 Å². The van der Waals surface area contributed by atoms with Gasteiger partial charge in [0.2, 0.25) is 5.91 Å². The highest BCUT2D eigenvalue weighted by Crippen LogP contribution is 2.49. The number of hydrogen-bond donors (Lipinski definition) is 2. The maximum atomic E-state index is 12.8. The molecule has 0 bridgehead atoms.